The van der Waals surface area contributed by atoms with Crippen LogP contribution in [0.3, 0.4) is 0 Å². The van der Waals surface area contributed by atoms with Gasteiger partial charge in [-0.05, 0) is 25.5 Å². The van der Waals surface area contributed by atoms with Crippen molar-refractivity contribution < 1.29 is 14.3 Å². The molecule has 1 aromatic rings. The highest BCUT2D eigenvalue weighted by molar-refractivity contribution is 5.85. The minimum atomic E-state index is -0.345. The van der Waals surface area contributed by atoms with Crippen molar-refractivity contribution in [2.75, 3.05) is 26.2 Å². The van der Waals surface area contributed by atoms with E-state index in [2.05, 4.69) is 10.6 Å². The molecule has 0 bridgehead atoms. The average Bonchev–Trinajstić information content (AvgIpc) is 2.46. The third kappa shape index (κ3) is 8.88. The Labute approximate surface area is 130 Å². The van der Waals surface area contributed by atoms with Gasteiger partial charge in [-0.25, -0.2) is 0 Å². The van der Waals surface area contributed by atoms with Gasteiger partial charge in [0.25, 0.3) is 0 Å². The Kier molecular flexibility index (Phi) is 10.0. The van der Waals surface area contributed by atoms with Crippen LogP contribution in [0.5, 0.6) is 5.75 Å². The van der Waals surface area contributed by atoms with Gasteiger partial charge in [0.1, 0.15) is 5.75 Å². The highest BCUT2D eigenvalue weighted by Gasteiger charge is 2.02. The van der Waals surface area contributed by atoms with Gasteiger partial charge in [-0.2, -0.15) is 0 Å². The predicted octanol–water partition coefficient (Wildman–Crippen LogP) is 0.377. The summed E-state index contributed by atoms with van der Waals surface area (Å²) in [7, 11) is 0. The Balaban J connectivity index is 0.00000400. The number of carbonyl (C=O) groups is 2. The van der Waals surface area contributed by atoms with Crippen molar-refractivity contribution >= 4 is 24.2 Å². The molecule has 7 heteroatoms. The number of hydrogen-bond donors (Lipinski definition) is 3. The zero-order valence-electron chi connectivity index (χ0n) is 12.1. The number of benzene rings is 1. The van der Waals surface area contributed by atoms with Gasteiger partial charge in [-0.1, -0.05) is 17.7 Å². The van der Waals surface area contributed by atoms with Crippen LogP contribution in [0, 0.1) is 6.92 Å². The summed E-state index contributed by atoms with van der Waals surface area (Å²) in [5.74, 6) is 0.238. The normalized spacial score (nSPS) is 9.43. The second kappa shape index (κ2) is 10.9. The molecule has 118 valence electrons. The molecule has 0 heterocycles. The van der Waals surface area contributed by atoms with Crippen LogP contribution in [0.4, 0.5) is 0 Å². The minimum Gasteiger partial charge on any atom is -0.494 e. The number of hydrogen-bond acceptors (Lipinski definition) is 4. The molecule has 0 aliphatic rings. The zero-order chi connectivity index (χ0) is 14.8. The first kappa shape index (κ1) is 19.2. The fraction of sp³-hybridized carbons (Fsp3) is 0.429. The lowest BCUT2D eigenvalue weighted by molar-refractivity contribution is -0.125. The number of nitrogens with two attached hydrogens (primary N) is 1. The van der Waals surface area contributed by atoms with Crippen LogP contribution in [0.15, 0.2) is 24.3 Å². The molecule has 0 aliphatic heterocycles. The zero-order valence-corrected chi connectivity index (χ0v) is 12.9. The van der Waals surface area contributed by atoms with Crippen LogP contribution >= 0.6 is 12.4 Å². The van der Waals surface area contributed by atoms with E-state index >= 15 is 0 Å². The SMILES string of the molecule is Cc1ccc(OCCCNC(=O)CNC(=O)CN)cc1.Cl. The molecule has 0 saturated carbocycles. The lowest BCUT2D eigenvalue weighted by Gasteiger charge is -2.08. The molecule has 6 nitrogen and oxygen atoms in total. The second-order valence-electron chi connectivity index (χ2n) is 4.35. The quantitative estimate of drug-likeness (QED) is 0.604. The summed E-state index contributed by atoms with van der Waals surface area (Å²) in [6, 6.07) is 7.79. The van der Waals surface area contributed by atoms with E-state index in [0.29, 0.717) is 19.6 Å². The Hall–Kier alpha value is -1.79. The maximum atomic E-state index is 11.3. The van der Waals surface area contributed by atoms with Gasteiger partial charge in [0.15, 0.2) is 0 Å². The molecule has 1 aromatic carbocycles. The van der Waals surface area contributed by atoms with Crippen LogP contribution in [0.25, 0.3) is 0 Å². The summed E-state index contributed by atoms with van der Waals surface area (Å²) in [6.07, 6.45) is 0.699. The predicted molar refractivity (Wildman–Crippen MR) is 83.6 cm³/mol. The molecule has 0 unspecified atom stereocenters. The molecule has 2 amide bonds. The Morgan fingerprint density at radius 2 is 1.81 bits per heavy atom. The number of rotatable bonds is 8. The highest BCUT2D eigenvalue weighted by atomic mass is 35.5. The van der Waals surface area contributed by atoms with Crippen molar-refractivity contribution in [3.05, 3.63) is 29.8 Å². The second-order valence-corrected chi connectivity index (χ2v) is 4.35. The standard InChI is InChI=1S/C14H21N3O3.ClH/c1-11-3-5-12(6-4-11)20-8-2-7-16-14(19)10-17-13(18)9-15;/h3-6H,2,7-10,15H2,1H3,(H,16,19)(H,17,18);1H. The molecular weight excluding hydrogens is 294 g/mol. The fourth-order valence-electron chi connectivity index (χ4n) is 1.44. The van der Waals surface area contributed by atoms with Gasteiger partial charge in [-0.3, -0.25) is 9.59 Å². The van der Waals surface area contributed by atoms with Crippen molar-refractivity contribution in [1.82, 2.24) is 10.6 Å². The molecule has 0 spiro atoms. The van der Waals surface area contributed by atoms with Crippen molar-refractivity contribution in [3.8, 4) is 5.75 Å². The number of aryl methyl sites for hydroxylation is 1. The topological polar surface area (TPSA) is 93.5 Å². The Morgan fingerprint density at radius 1 is 1.14 bits per heavy atom. The Morgan fingerprint density at radius 3 is 2.43 bits per heavy atom. The molecule has 21 heavy (non-hydrogen) atoms. The fourth-order valence-corrected chi connectivity index (χ4v) is 1.44. The van der Waals surface area contributed by atoms with Crippen LogP contribution in [-0.4, -0.2) is 38.1 Å². The molecule has 0 saturated heterocycles. The van der Waals surface area contributed by atoms with E-state index < -0.39 is 0 Å². The summed E-state index contributed by atoms with van der Waals surface area (Å²) in [4.78, 5) is 22.2. The highest BCUT2D eigenvalue weighted by Crippen LogP contribution is 2.11. The third-order valence-corrected chi connectivity index (χ3v) is 2.56. The summed E-state index contributed by atoms with van der Waals surface area (Å²) in [5, 5.41) is 5.08. The Bertz CT molecular complexity index is 438. The number of nitrogens with one attached hydrogen (secondary N) is 2. The van der Waals surface area contributed by atoms with E-state index in [4.69, 9.17) is 10.5 Å². The van der Waals surface area contributed by atoms with Gasteiger partial charge < -0.3 is 21.1 Å². The number of carbonyl (C=O) groups excluding carboxylic acids is 2. The lowest BCUT2D eigenvalue weighted by atomic mass is 10.2. The van der Waals surface area contributed by atoms with Crippen LogP contribution in [0.2, 0.25) is 0 Å². The van der Waals surface area contributed by atoms with Crippen molar-refractivity contribution in [2.45, 2.75) is 13.3 Å². The van der Waals surface area contributed by atoms with Crippen molar-refractivity contribution in [3.63, 3.8) is 0 Å². The van der Waals surface area contributed by atoms with Crippen LogP contribution < -0.4 is 21.1 Å². The average molecular weight is 316 g/mol. The van der Waals surface area contributed by atoms with Crippen molar-refractivity contribution in [1.29, 1.82) is 0 Å². The molecular formula is C14H22ClN3O3. The van der Waals surface area contributed by atoms with E-state index in [-0.39, 0.29) is 37.3 Å². The van der Waals surface area contributed by atoms with Crippen LogP contribution in [-0.2, 0) is 9.59 Å². The third-order valence-electron chi connectivity index (χ3n) is 2.56. The molecule has 0 aromatic heterocycles. The molecule has 4 N–H and O–H groups in total. The van der Waals surface area contributed by atoms with E-state index in [1.54, 1.807) is 0 Å². The monoisotopic (exact) mass is 315 g/mol. The van der Waals surface area contributed by atoms with Gasteiger partial charge in [0.2, 0.25) is 11.8 Å². The summed E-state index contributed by atoms with van der Waals surface area (Å²) in [5.41, 5.74) is 6.29. The maximum Gasteiger partial charge on any atom is 0.239 e. The first-order valence-corrected chi connectivity index (χ1v) is 6.54. The number of halogens is 1. The maximum absolute atomic E-state index is 11.3. The molecule has 0 aliphatic carbocycles. The smallest absolute Gasteiger partial charge is 0.239 e. The summed E-state index contributed by atoms with van der Waals surface area (Å²) >= 11 is 0. The molecule has 0 radical (unpaired) electrons. The lowest BCUT2D eigenvalue weighted by Crippen LogP contribution is -2.39. The number of ether oxygens (including phenoxy) is 1. The van der Waals surface area contributed by atoms with E-state index in [1.807, 2.05) is 31.2 Å². The summed E-state index contributed by atoms with van der Waals surface area (Å²) in [6.45, 7) is 2.89. The van der Waals surface area contributed by atoms with Gasteiger partial charge in [0, 0.05) is 6.54 Å². The molecule has 0 fully saturated rings. The largest absolute Gasteiger partial charge is 0.494 e. The van der Waals surface area contributed by atoms with E-state index in [9.17, 15) is 9.59 Å². The summed E-state index contributed by atoms with van der Waals surface area (Å²) < 4.78 is 5.52. The first-order valence-electron chi connectivity index (χ1n) is 6.54. The molecule has 0 atom stereocenters. The van der Waals surface area contributed by atoms with Crippen molar-refractivity contribution in [2.24, 2.45) is 5.73 Å². The van der Waals surface area contributed by atoms with Gasteiger partial charge in [0.05, 0.1) is 19.7 Å². The number of amides is 2. The van der Waals surface area contributed by atoms with E-state index in [1.165, 1.54) is 5.56 Å². The van der Waals surface area contributed by atoms with Gasteiger partial charge in [-0.15, -0.1) is 12.4 Å². The van der Waals surface area contributed by atoms with Crippen LogP contribution in [0.1, 0.15) is 12.0 Å². The minimum absolute atomic E-state index is 0. The molecule has 1 rings (SSSR count). The van der Waals surface area contributed by atoms with E-state index in [0.717, 1.165) is 5.75 Å². The van der Waals surface area contributed by atoms with Gasteiger partial charge >= 0.3 is 0 Å². The first-order chi connectivity index (χ1) is 9.61.